The van der Waals surface area contributed by atoms with Gasteiger partial charge in [-0.1, -0.05) is 34.4 Å². The van der Waals surface area contributed by atoms with Crippen LogP contribution < -0.4 is 14.8 Å². The normalized spacial score (nSPS) is 10.7. The molecule has 0 fully saturated rings. The SMILES string of the molecule is CCOc1cc(CNc2nn[nH]n2)cc(Br)c1OCc1ccc(Cl)cc1Cl. The Morgan fingerprint density at radius 2 is 2.04 bits per heavy atom. The van der Waals surface area contributed by atoms with Gasteiger partial charge < -0.3 is 14.8 Å². The number of ether oxygens (including phenoxy) is 2. The molecule has 0 saturated heterocycles. The van der Waals surface area contributed by atoms with Crippen LogP contribution in [0.4, 0.5) is 5.95 Å². The van der Waals surface area contributed by atoms with Gasteiger partial charge in [0.1, 0.15) is 6.61 Å². The minimum atomic E-state index is 0.287. The van der Waals surface area contributed by atoms with E-state index >= 15 is 0 Å². The van der Waals surface area contributed by atoms with Crippen molar-refractivity contribution in [2.75, 3.05) is 11.9 Å². The molecule has 0 aliphatic rings. The average molecular weight is 473 g/mol. The van der Waals surface area contributed by atoms with Gasteiger partial charge in [-0.2, -0.15) is 5.21 Å². The Bertz CT molecular complexity index is 909. The molecule has 2 aromatic carbocycles. The molecule has 0 radical (unpaired) electrons. The van der Waals surface area contributed by atoms with E-state index in [1.807, 2.05) is 25.1 Å². The summed E-state index contributed by atoms with van der Waals surface area (Å²) in [6.07, 6.45) is 0. The van der Waals surface area contributed by atoms with Crippen LogP contribution >= 0.6 is 39.1 Å². The third kappa shape index (κ3) is 5.24. The number of hydrogen-bond acceptors (Lipinski definition) is 6. The van der Waals surface area contributed by atoms with Crippen LogP contribution in [-0.4, -0.2) is 27.2 Å². The monoisotopic (exact) mass is 471 g/mol. The van der Waals surface area contributed by atoms with Crippen LogP contribution in [0.1, 0.15) is 18.1 Å². The number of aromatic nitrogens is 4. The van der Waals surface area contributed by atoms with Crippen LogP contribution in [0.15, 0.2) is 34.8 Å². The summed E-state index contributed by atoms with van der Waals surface area (Å²) in [5.41, 5.74) is 1.80. The highest BCUT2D eigenvalue weighted by Gasteiger charge is 2.14. The van der Waals surface area contributed by atoms with Crippen LogP contribution in [0.2, 0.25) is 10.0 Å². The third-order valence-corrected chi connectivity index (χ3v) is 4.73. The van der Waals surface area contributed by atoms with Gasteiger partial charge in [-0.05, 0) is 57.9 Å². The number of tetrazole rings is 1. The van der Waals surface area contributed by atoms with Crippen molar-refractivity contribution in [3.8, 4) is 11.5 Å². The summed E-state index contributed by atoms with van der Waals surface area (Å²) < 4.78 is 12.5. The van der Waals surface area contributed by atoms with Crippen molar-refractivity contribution in [3.05, 3.63) is 56.0 Å². The molecule has 7 nitrogen and oxygen atoms in total. The lowest BCUT2D eigenvalue weighted by atomic mass is 10.2. The molecule has 27 heavy (non-hydrogen) atoms. The number of nitrogens with zero attached hydrogens (tertiary/aromatic N) is 3. The number of hydrogen-bond donors (Lipinski definition) is 2. The van der Waals surface area contributed by atoms with Crippen molar-refractivity contribution in [2.45, 2.75) is 20.1 Å². The molecule has 10 heteroatoms. The molecular weight excluding hydrogens is 457 g/mol. The largest absolute Gasteiger partial charge is 0.490 e. The van der Waals surface area contributed by atoms with Crippen LogP contribution in [-0.2, 0) is 13.2 Å². The van der Waals surface area contributed by atoms with E-state index in [0.29, 0.717) is 40.6 Å². The fourth-order valence-electron chi connectivity index (χ4n) is 2.33. The van der Waals surface area contributed by atoms with Crippen LogP contribution in [0.5, 0.6) is 11.5 Å². The van der Waals surface area contributed by atoms with Gasteiger partial charge in [0.05, 0.1) is 11.1 Å². The molecule has 3 aromatic rings. The molecule has 2 N–H and O–H groups in total. The highest BCUT2D eigenvalue weighted by Crippen LogP contribution is 2.38. The fraction of sp³-hybridized carbons (Fsp3) is 0.235. The first-order valence-corrected chi connectivity index (χ1v) is 9.61. The molecule has 1 heterocycles. The number of H-pyrrole nitrogens is 1. The van der Waals surface area contributed by atoms with Crippen molar-refractivity contribution < 1.29 is 9.47 Å². The zero-order chi connectivity index (χ0) is 19.2. The summed E-state index contributed by atoms with van der Waals surface area (Å²) in [7, 11) is 0. The van der Waals surface area contributed by atoms with Gasteiger partial charge in [0.2, 0.25) is 0 Å². The minimum absolute atomic E-state index is 0.287. The van der Waals surface area contributed by atoms with E-state index in [4.69, 9.17) is 32.7 Å². The molecule has 0 amide bonds. The lowest BCUT2D eigenvalue weighted by molar-refractivity contribution is 0.267. The summed E-state index contributed by atoms with van der Waals surface area (Å²) in [4.78, 5) is 0. The lowest BCUT2D eigenvalue weighted by Gasteiger charge is -2.16. The van der Waals surface area contributed by atoms with Crippen molar-refractivity contribution in [2.24, 2.45) is 0 Å². The van der Waals surface area contributed by atoms with E-state index in [1.54, 1.807) is 12.1 Å². The third-order valence-electron chi connectivity index (χ3n) is 3.55. The van der Waals surface area contributed by atoms with Crippen molar-refractivity contribution in [1.29, 1.82) is 0 Å². The van der Waals surface area contributed by atoms with Crippen molar-refractivity contribution in [1.82, 2.24) is 20.6 Å². The topological polar surface area (TPSA) is 85.0 Å². The molecule has 1 aromatic heterocycles. The summed E-state index contributed by atoms with van der Waals surface area (Å²) >= 11 is 15.7. The van der Waals surface area contributed by atoms with Gasteiger partial charge in [0.25, 0.3) is 5.95 Å². The molecule has 0 unspecified atom stereocenters. The van der Waals surface area contributed by atoms with Crippen molar-refractivity contribution >= 4 is 45.1 Å². The Kier molecular flexibility index (Phi) is 6.76. The zero-order valence-corrected chi connectivity index (χ0v) is 17.4. The zero-order valence-electron chi connectivity index (χ0n) is 14.3. The van der Waals surface area contributed by atoms with Gasteiger partial charge in [0.15, 0.2) is 11.5 Å². The first kappa shape index (κ1) is 19.7. The minimum Gasteiger partial charge on any atom is -0.490 e. The van der Waals surface area contributed by atoms with Gasteiger partial charge in [-0.25, -0.2) is 0 Å². The smallest absolute Gasteiger partial charge is 0.263 e. The van der Waals surface area contributed by atoms with Crippen LogP contribution in [0.3, 0.4) is 0 Å². The Morgan fingerprint density at radius 3 is 2.74 bits per heavy atom. The molecule has 142 valence electrons. The number of halogens is 3. The molecule has 0 aliphatic carbocycles. The molecule has 0 aliphatic heterocycles. The Labute approximate surface area is 174 Å². The molecule has 0 spiro atoms. The summed E-state index contributed by atoms with van der Waals surface area (Å²) in [6.45, 7) is 3.21. The number of aromatic amines is 1. The molecule has 3 rings (SSSR count). The fourth-order valence-corrected chi connectivity index (χ4v) is 3.40. The highest BCUT2D eigenvalue weighted by molar-refractivity contribution is 9.10. The van der Waals surface area contributed by atoms with Gasteiger partial charge in [-0.3, -0.25) is 0 Å². The maximum atomic E-state index is 6.22. The van der Waals surface area contributed by atoms with Gasteiger partial charge >= 0.3 is 0 Å². The van der Waals surface area contributed by atoms with Crippen LogP contribution in [0, 0.1) is 0 Å². The quantitative estimate of drug-likeness (QED) is 0.487. The second-order valence-electron chi connectivity index (χ2n) is 5.45. The predicted molar refractivity (Wildman–Crippen MR) is 108 cm³/mol. The number of rotatable bonds is 8. The highest BCUT2D eigenvalue weighted by atomic mass is 79.9. The van der Waals surface area contributed by atoms with E-state index in [0.717, 1.165) is 15.6 Å². The summed E-state index contributed by atoms with van der Waals surface area (Å²) in [5, 5.41) is 17.8. The molecule has 0 saturated carbocycles. The van der Waals surface area contributed by atoms with E-state index in [2.05, 4.69) is 41.9 Å². The molecule has 0 atom stereocenters. The second kappa shape index (κ2) is 9.25. The van der Waals surface area contributed by atoms with Gasteiger partial charge in [0, 0.05) is 22.2 Å². The maximum absolute atomic E-state index is 6.22. The lowest BCUT2D eigenvalue weighted by Crippen LogP contribution is -2.05. The number of nitrogens with one attached hydrogen (secondary N) is 2. The summed E-state index contributed by atoms with van der Waals surface area (Å²) in [6, 6.07) is 9.14. The average Bonchev–Trinajstić information content (AvgIpc) is 3.14. The Morgan fingerprint density at radius 1 is 1.19 bits per heavy atom. The molecule has 0 bridgehead atoms. The van der Waals surface area contributed by atoms with E-state index < -0.39 is 0 Å². The number of anilines is 1. The first-order valence-electron chi connectivity index (χ1n) is 8.06. The first-order chi connectivity index (χ1) is 13.1. The van der Waals surface area contributed by atoms with Crippen LogP contribution in [0.25, 0.3) is 0 Å². The maximum Gasteiger partial charge on any atom is 0.263 e. The van der Waals surface area contributed by atoms with E-state index in [9.17, 15) is 0 Å². The van der Waals surface area contributed by atoms with E-state index in [1.165, 1.54) is 0 Å². The standard InChI is InChI=1S/C17H16BrCl2N5O2/c1-2-26-15-6-10(8-21-17-22-24-25-23-17)5-13(18)16(15)27-9-11-3-4-12(19)7-14(11)20/h3-7H,2,8-9H2,1H3,(H2,21,22,23,24,25). The van der Waals surface area contributed by atoms with Gasteiger partial charge in [-0.15, -0.1) is 5.10 Å². The van der Waals surface area contributed by atoms with E-state index in [-0.39, 0.29) is 6.61 Å². The predicted octanol–water partition coefficient (Wildman–Crippen LogP) is 4.86. The summed E-state index contributed by atoms with van der Waals surface area (Å²) in [5.74, 6) is 1.65. The Balaban J connectivity index is 1.76. The molecular formula is C17H16BrCl2N5O2. The van der Waals surface area contributed by atoms with Crippen molar-refractivity contribution in [3.63, 3.8) is 0 Å². The second-order valence-corrected chi connectivity index (χ2v) is 7.15. The Hall–Kier alpha value is -2.03. The number of benzene rings is 2.